The van der Waals surface area contributed by atoms with Gasteiger partial charge in [-0.05, 0) is 22.8 Å². The molecular formula is C21H17F3N4O2. The molecule has 0 bridgehead atoms. The summed E-state index contributed by atoms with van der Waals surface area (Å²) in [5.74, 6) is 0.937. The predicted octanol–water partition coefficient (Wildman–Crippen LogP) is 3.97. The van der Waals surface area contributed by atoms with Gasteiger partial charge in [0.25, 0.3) is 0 Å². The standard InChI is InChI=1S/C21H17F3N4O2/c22-21(23,24)8-14-4-5-18(15(7-14)12-29)16-9-26-20-27-17(11-28(20)10-16)13-30-19-3-1-2-6-25-19/h1-7,9-11,29H,8,12-13H2. The summed E-state index contributed by atoms with van der Waals surface area (Å²) in [6, 6.07) is 9.69. The van der Waals surface area contributed by atoms with Crippen LogP contribution in [0.2, 0.25) is 0 Å². The molecule has 0 atom stereocenters. The lowest BCUT2D eigenvalue weighted by Crippen LogP contribution is -2.11. The predicted molar refractivity (Wildman–Crippen MR) is 103 cm³/mol. The van der Waals surface area contributed by atoms with Gasteiger partial charge in [-0.25, -0.2) is 15.0 Å². The van der Waals surface area contributed by atoms with Gasteiger partial charge in [0.05, 0.1) is 18.7 Å². The Hall–Kier alpha value is -3.46. The summed E-state index contributed by atoms with van der Waals surface area (Å²) in [7, 11) is 0. The molecule has 1 N–H and O–H groups in total. The first kappa shape index (κ1) is 19.8. The van der Waals surface area contributed by atoms with Gasteiger partial charge in [-0.3, -0.25) is 4.40 Å². The molecule has 3 aromatic heterocycles. The lowest BCUT2D eigenvalue weighted by atomic mass is 9.98. The Morgan fingerprint density at radius 2 is 1.93 bits per heavy atom. The monoisotopic (exact) mass is 414 g/mol. The molecule has 0 aliphatic heterocycles. The number of aliphatic hydroxyl groups excluding tert-OH is 1. The maximum atomic E-state index is 12.7. The number of nitrogens with zero attached hydrogens (tertiary/aromatic N) is 4. The van der Waals surface area contributed by atoms with Crippen LogP contribution in [-0.2, 0) is 19.6 Å². The number of pyridine rings is 1. The molecule has 4 rings (SSSR count). The van der Waals surface area contributed by atoms with Gasteiger partial charge in [0.2, 0.25) is 11.7 Å². The largest absolute Gasteiger partial charge is 0.471 e. The normalized spacial score (nSPS) is 11.7. The number of imidazole rings is 1. The van der Waals surface area contributed by atoms with Crippen LogP contribution < -0.4 is 4.74 Å². The summed E-state index contributed by atoms with van der Waals surface area (Å²) in [5.41, 5.74) is 2.41. The van der Waals surface area contributed by atoms with Crippen LogP contribution in [0.25, 0.3) is 16.9 Å². The third-order valence-corrected chi connectivity index (χ3v) is 4.42. The number of ether oxygens (including phenoxy) is 1. The van der Waals surface area contributed by atoms with Crippen LogP contribution in [0, 0.1) is 0 Å². The Balaban J connectivity index is 1.58. The average Bonchev–Trinajstić information content (AvgIpc) is 3.14. The van der Waals surface area contributed by atoms with E-state index in [2.05, 4.69) is 15.0 Å². The van der Waals surface area contributed by atoms with Crippen molar-refractivity contribution in [1.29, 1.82) is 0 Å². The number of aromatic nitrogens is 4. The smallest absolute Gasteiger partial charge is 0.393 e. The quantitative estimate of drug-likeness (QED) is 0.517. The van der Waals surface area contributed by atoms with E-state index < -0.39 is 12.6 Å². The van der Waals surface area contributed by atoms with E-state index >= 15 is 0 Å². The van der Waals surface area contributed by atoms with Crippen molar-refractivity contribution in [3.8, 4) is 17.0 Å². The maximum absolute atomic E-state index is 12.7. The van der Waals surface area contributed by atoms with Gasteiger partial charge < -0.3 is 9.84 Å². The molecule has 0 unspecified atom stereocenters. The summed E-state index contributed by atoms with van der Waals surface area (Å²) in [5, 5.41) is 9.65. The Morgan fingerprint density at radius 3 is 2.67 bits per heavy atom. The molecule has 4 aromatic rings. The topological polar surface area (TPSA) is 72.5 Å². The molecule has 0 spiro atoms. The third kappa shape index (κ3) is 4.57. The van der Waals surface area contributed by atoms with Crippen LogP contribution in [-0.4, -0.2) is 30.6 Å². The van der Waals surface area contributed by atoms with E-state index in [4.69, 9.17) is 4.74 Å². The van der Waals surface area contributed by atoms with Crippen molar-refractivity contribution in [3.63, 3.8) is 0 Å². The van der Waals surface area contributed by atoms with Crippen LogP contribution in [0.4, 0.5) is 13.2 Å². The highest BCUT2D eigenvalue weighted by Gasteiger charge is 2.27. The van der Waals surface area contributed by atoms with Crippen LogP contribution >= 0.6 is 0 Å². The maximum Gasteiger partial charge on any atom is 0.393 e. The van der Waals surface area contributed by atoms with E-state index in [9.17, 15) is 18.3 Å². The molecule has 0 saturated carbocycles. The van der Waals surface area contributed by atoms with Crippen molar-refractivity contribution < 1.29 is 23.0 Å². The van der Waals surface area contributed by atoms with E-state index in [1.165, 1.54) is 12.1 Å². The molecule has 0 amide bonds. The van der Waals surface area contributed by atoms with E-state index in [0.29, 0.717) is 34.0 Å². The fraction of sp³-hybridized carbons (Fsp3) is 0.190. The van der Waals surface area contributed by atoms with Crippen molar-refractivity contribution in [2.45, 2.75) is 25.8 Å². The number of hydrogen-bond donors (Lipinski definition) is 1. The van der Waals surface area contributed by atoms with E-state index in [1.54, 1.807) is 47.4 Å². The minimum atomic E-state index is -4.31. The zero-order valence-corrected chi connectivity index (χ0v) is 15.7. The Morgan fingerprint density at radius 1 is 1.07 bits per heavy atom. The van der Waals surface area contributed by atoms with E-state index in [1.807, 2.05) is 6.07 Å². The van der Waals surface area contributed by atoms with Crippen molar-refractivity contribution in [3.05, 3.63) is 78.0 Å². The molecule has 0 fully saturated rings. The first-order valence-electron chi connectivity index (χ1n) is 9.08. The molecule has 154 valence electrons. The highest BCUT2D eigenvalue weighted by molar-refractivity contribution is 5.67. The molecule has 6 nitrogen and oxygen atoms in total. The molecule has 3 heterocycles. The number of halogens is 3. The van der Waals surface area contributed by atoms with Crippen molar-refractivity contribution in [2.75, 3.05) is 0 Å². The summed E-state index contributed by atoms with van der Waals surface area (Å²) in [6.45, 7) is -0.171. The van der Waals surface area contributed by atoms with Crippen LogP contribution in [0.1, 0.15) is 16.8 Å². The second-order valence-corrected chi connectivity index (χ2v) is 6.68. The average molecular weight is 414 g/mol. The van der Waals surface area contributed by atoms with Gasteiger partial charge in [0.15, 0.2) is 0 Å². The van der Waals surface area contributed by atoms with Crippen LogP contribution in [0.3, 0.4) is 0 Å². The molecule has 1 aromatic carbocycles. The van der Waals surface area contributed by atoms with Gasteiger partial charge >= 0.3 is 6.18 Å². The Labute approximate surface area is 169 Å². The highest BCUT2D eigenvalue weighted by atomic mass is 19.4. The van der Waals surface area contributed by atoms with E-state index in [0.717, 1.165) is 0 Å². The van der Waals surface area contributed by atoms with E-state index in [-0.39, 0.29) is 18.8 Å². The lowest BCUT2D eigenvalue weighted by Gasteiger charge is -2.12. The zero-order chi connectivity index (χ0) is 21.1. The Kier molecular flexibility index (Phi) is 5.37. The van der Waals surface area contributed by atoms with Gasteiger partial charge in [-0.15, -0.1) is 0 Å². The molecule has 30 heavy (non-hydrogen) atoms. The number of hydrogen-bond acceptors (Lipinski definition) is 5. The van der Waals surface area contributed by atoms with Crippen LogP contribution in [0.5, 0.6) is 5.88 Å². The number of rotatable bonds is 6. The second kappa shape index (κ2) is 8.11. The van der Waals surface area contributed by atoms with Crippen molar-refractivity contribution >= 4 is 5.78 Å². The second-order valence-electron chi connectivity index (χ2n) is 6.68. The lowest BCUT2D eigenvalue weighted by molar-refractivity contribution is -0.127. The summed E-state index contributed by atoms with van der Waals surface area (Å²) in [4.78, 5) is 12.8. The summed E-state index contributed by atoms with van der Waals surface area (Å²) < 4.78 is 45.2. The van der Waals surface area contributed by atoms with Gasteiger partial charge in [-0.2, -0.15) is 13.2 Å². The SMILES string of the molecule is OCc1cc(CC(F)(F)F)ccc1-c1cnc2nc(COc3ccccn3)cn2c1. The van der Waals surface area contributed by atoms with Gasteiger partial charge in [0, 0.05) is 36.4 Å². The van der Waals surface area contributed by atoms with Crippen molar-refractivity contribution in [2.24, 2.45) is 0 Å². The fourth-order valence-corrected chi connectivity index (χ4v) is 3.12. The first-order valence-corrected chi connectivity index (χ1v) is 9.08. The third-order valence-electron chi connectivity index (χ3n) is 4.42. The van der Waals surface area contributed by atoms with Gasteiger partial charge in [-0.1, -0.05) is 24.3 Å². The molecule has 0 aliphatic rings. The minimum Gasteiger partial charge on any atom is -0.471 e. The number of fused-ring (bicyclic) bond motifs is 1. The fourth-order valence-electron chi connectivity index (χ4n) is 3.12. The summed E-state index contributed by atoms with van der Waals surface area (Å²) >= 11 is 0. The first-order chi connectivity index (χ1) is 14.4. The number of alkyl halides is 3. The molecule has 0 aliphatic carbocycles. The Bertz CT molecular complexity index is 1160. The zero-order valence-electron chi connectivity index (χ0n) is 15.7. The minimum absolute atomic E-state index is 0.0981. The molecule has 0 radical (unpaired) electrons. The number of aliphatic hydroxyl groups is 1. The number of benzene rings is 1. The summed E-state index contributed by atoms with van der Waals surface area (Å²) in [6.07, 6.45) is 1.37. The molecule has 9 heteroatoms. The van der Waals surface area contributed by atoms with Crippen molar-refractivity contribution in [1.82, 2.24) is 19.4 Å². The van der Waals surface area contributed by atoms with Crippen LogP contribution in [0.15, 0.2) is 61.2 Å². The van der Waals surface area contributed by atoms with Gasteiger partial charge in [0.1, 0.15) is 6.61 Å². The molecule has 0 saturated heterocycles. The molecular weight excluding hydrogens is 397 g/mol. The highest BCUT2D eigenvalue weighted by Crippen LogP contribution is 2.28.